The number of nitrogens with zero attached hydrogens (tertiary/aromatic N) is 4. The first-order valence-electron chi connectivity index (χ1n) is 10.7. The maximum atomic E-state index is 13.3. The van der Waals surface area contributed by atoms with E-state index in [-0.39, 0.29) is 36.7 Å². The maximum Gasteiger partial charge on any atom is 0.234 e. The van der Waals surface area contributed by atoms with Crippen LogP contribution in [0.4, 0.5) is 0 Å². The van der Waals surface area contributed by atoms with Crippen molar-refractivity contribution < 1.29 is 19.2 Å². The van der Waals surface area contributed by atoms with Crippen molar-refractivity contribution in [2.45, 2.75) is 13.1 Å². The number of imide groups is 2. The Hall–Kier alpha value is -3.68. The van der Waals surface area contributed by atoms with Crippen LogP contribution >= 0.6 is 0 Å². The summed E-state index contributed by atoms with van der Waals surface area (Å²) >= 11 is 0. The molecule has 7 rings (SSSR count). The van der Waals surface area contributed by atoms with E-state index in [1.165, 1.54) is 9.80 Å². The number of amides is 4. The third-order valence-electron chi connectivity index (χ3n) is 7.32. The van der Waals surface area contributed by atoms with Gasteiger partial charge in [-0.2, -0.15) is 0 Å². The van der Waals surface area contributed by atoms with Crippen molar-refractivity contribution in [1.29, 1.82) is 0 Å². The van der Waals surface area contributed by atoms with Crippen LogP contribution in [0.25, 0.3) is 0 Å². The molecule has 160 valence electrons. The molecule has 1 saturated carbocycles. The molecule has 4 amide bonds. The first-order chi connectivity index (χ1) is 15.6. The Labute approximate surface area is 183 Å². The molecular weight excluding hydrogens is 408 g/mol. The fourth-order valence-electron chi connectivity index (χ4n) is 6.01. The molecule has 0 aromatic carbocycles. The summed E-state index contributed by atoms with van der Waals surface area (Å²) in [6.07, 6.45) is 10.3. The number of hydrogen-bond acceptors (Lipinski definition) is 6. The SMILES string of the molecule is O=C1[C@@H]2C3C=CC([C@H]2C(=O)N1Cc1cccnc1)[C@@H]1C(=O)N(Cc2cccnc2)C(=O)[C@H]31. The number of carbonyl (C=O) groups excluding carboxylic acids is 4. The fourth-order valence-corrected chi connectivity index (χ4v) is 6.01. The van der Waals surface area contributed by atoms with Gasteiger partial charge in [0.15, 0.2) is 0 Å². The zero-order valence-electron chi connectivity index (χ0n) is 17.1. The van der Waals surface area contributed by atoms with Crippen LogP contribution in [0.3, 0.4) is 0 Å². The smallest absolute Gasteiger partial charge is 0.234 e. The third kappa shape index (κ3) is 2.55. The van der Waals surface area contributed by atoms with E-state index in [0.717, 1.165) is 11.1 Å². The Morgan fingerprint density at radius 3 is 1.31 bits per heavy atom. The highest BCUT2D eigenvalue weighted by Gasteiger charge is 2.68. The Kier molecular flexibility index (Phi) is 4.11. The van der Waals surface area contributed by atoms with Crippen LogP contribution in [0.5, 0.6) is 0 Å². The molecule has 4 heterocycles. The lowest BCUT2D eigenvalue weighted by molar-refractivity contribution is -0.140. The summed E-state index contributed by atoms with van der Waals surface area (Å²) < 4.78 is 0. The topological polar surface area (TPSA) is 101 Å². The Morgan fingerprint density at radius 1 is 0.625 bits per heavy atom. The molecule has 0 spiro atoms. The molecule has 2 aliphatic heterocycles. The maximum absolute atomic E-state index is 13.3. The molecule has 8 nitrogen and oxygen atoms in total. The molecule has 0 radical (unpaired) electrons. The fraction of sp³-hybridized carbons (Fsp3) is 0.333. The molecule has 2 aromatic heterocycles. The van der Waals surface area contributed by atoms with Crippen molar-refractivity contribution >= 4 is 23.6 Å². The number of aromatic nitrogens is 2. The van der Waals surface area contributed by atoms with Gasteiger partial charge < -0.3 is 0 Å². The van der Waals surface area contributed by atoms with Gasteiger partial charge in [0.05, 0.1) is 36.8 Å². The van der Waals surface area contributed by atoms with Gasteiger partial charge in [-0.3, -0.25) is 38.9 Å². The van der Waals surface area contributed by atoms with Gasteiger partial charge in [0.1, 0.15) is 0 Å². The van der Waals surface area contributed by atoms with Crippen LogP contribution < -0.4 is 0 Å². The molecule has 32 heavy (non-hydrogen) atoms. The van der Waals surface area contributed by atoms with Crippen LogP contribution in [0, 0.1) is 35.5 Å². The highest BCUT2D eigenvalue weighted by atomic mass is 16.2. The third-order valence-corrected chi connectivity index (χ3v) is 7.32. The van der Waals surface area contributed by atoms with Crippen molar-refractivity contribution in [2.24, 2.45) is 35.5 Å². The molecule has 0 N–H and O–H groups in total. The summed E-state index contributed by atoms with van der Waals surface area (Å²) in [6.45, 7) is 0.310. The van der Waals surface area contributed by atoms with Crippen LogP contribution in [0.1, 0.15) is 11.1 Å². The lowest BCUT2D eigenvalue weighted by atomic mass is 9.54. The van der Waals surface area contributed by atoms with Crippen molar-refractivity contribution in [1.82, 2.24) is 19.8 Å². The summed E-state index contributed by atoms with van der Waals surface area (Å²) in [5.41, 5.74) is 1.53. The predicted octanol–water partition coefficient (Wildman–Crippen LogP) is 1.20. The summed E-state index contributed by atoms with van der Waals surface area (Å²) in [5.74, 6) is -4.28. The number of hydrogen-bond donors (Lipinski definition) is 0. The van der Waals surface area contributed by atoms with Crippen LogP contribution in [-0.2, 0) is 32.3 Å². The monoisotopic (exact) mass is 428 g/mol. The molecule has 8 heteroatoms. The average Bonchev–Trinajstić information content (AvgIpc) is 3.24. The van der Waals surface area contributed by atoms with E-state index in [2.05, 4.69) is 9.97 Å². The minimum absolute atomic E-state index is 0.155. The molecule has 5 aliphatic rings. The summed E-state index contributed by atoms with van der Waals surface area (Å²) in [7, 11) is 0. The summed E-state index contributed by atoms with van der Waals surface area (Å²) in [5, 5.41) is 0. The number of allylic oxidation sites excluding steroid dienone is 2. The summed E-state index contributed by atoms with van der Waals surface area (Å²) in [6, 6.07) is 7.16. The molecule has 3 fully saturated rings. The largest absolute Gasteiger partial charge is 0.278 e. The van der Waals surface area contributed by atoms with Crippen LogP contribution in [0.15, 0.2) is 61.2 Å². The van der Waals surface area contributed by atoms with E-state index in [0.29, 0.717) is 0 Å². The average molecular weight is 428 g/mol. The number of pyridine rings is 2. The van der Waals surface area contributed by atoms with Crippen molar-refractivity contribution in [3.63, 3.8) is 0 Å². The number of likely N-dealkylation sites (tertiary alicyclic amines) is 2. The van der Waals surface area contributed by atoms with Crippen molar-refractivity contribution in [2.75, 3.05) is 0 Å². The second-order valence-corrected chi connectivity index (χ2v) is 8.89. The lowest BCUT2D eigenvalue weighted by Crippen LogP contribution is -2.50. The Morgan fingerprint density at radius 2 is 1.00 bits per heavy atom. The molecule has 2 bridgehead atoms. The summed E-state index contributed by atoms with van der Waals surface area (Å²) in [4.78, 5) is 64.0. The van der Waals surface area contributed by atoms with Gasteiger partial charge in [0.2, 0.25) is 23.6 Å². The van der Waals surface area contributed by atoms with Gasteiger partial charge in [-0.15, -0.1) is 0 Å². The Balaban J connectivity index is 1.31. The molecule has 3 aliphatic carbocycles. The standard InChI is InChI=1S/C24H20N4O4/c29-21-17-15-5-6-16(18(17)22(30)27(21)11-13-3-1-7-25-9-13)20-19(15)23(31)28(24(20)32)12-14-4-2-8-26-10-14/h1-10,15-20H,11-12H2/t15?,16?,17-,18-,19-,20+/m1/s1. The number of rotatable bonds is 4. The van der Waals surface area contributed by atoms with E-state index < -0.39 is 35.5 Å². The van der Waals surface area contributed by atoms with Crippen LogP contribution in [-0.4, -0.2) is 43.4 Å². The zero-order chi connectivity index (χ0) is 22.0. The number of carbonyl (C=O) groups is 4. The van der Waals surface area contributed by atoms with E-state index in [9.17, 15) is 19.2 Å². The van der Waals surface area contributed by atoms with Gasteiger partial charge >= 0.3 is 0 Å². The van der Waals surface area contributed by atoms with E-state index in [1.807, 2.05) is 24.3 Å². The zero-order valence-corrected chi connectivity index (χ0v) is 17.1. The second kappa shape index (κ2) is 6.91. The van der Waals surface area contributed by atoms with E-state index in [1.54, 1.807) is 36.9 Å². The molecule has 2 saturated heterocycles. The van der Waals surface area contributed by atoms with Gasteiger partial charge in [-0.1, -0.05) is 24.3 Å². The van der Waals surface area contributed by atoms with Gasteiger partial charge in [-0.25, -0.2) is 0 Å². The molecule has 6 atom stereocenters. The van der Waals surface area contributed by atoms with Gasteiger partial charge in [0, 0.05) is 36.6 Å². The normalized spacial score (nSPS) is 32.6. The molecule has 2 unspecified atom stereocenters. The second-order valence-electron chi connectivity index (χ2n) is 8.89. The van der Waals surface area contributed by atoms with E-state index in [4.69, 9.17) is 0 Å². The Bertz CT molecular complexity index is 1030. The molecular formula is C24H20N4O4. The van der Waals surface area contributed by atoms with E-state index >= 15 is 0 Å². The minimum Gasteiger partial charge on any atom is -0.278 e. The van der Waals surface area contributed by atoms with Crippen LogP contribution in [0.2, 0.25) is 0 Å². The minimum atomic E-state index is -0.592. The van der Waals surface area contributed by atoms with Crippen molar-refractivity contribution in [3.05, 3.63) is 72.3 Å². The van der Waals surface area contributed by atoms with Gasteiger partial charge in [-0.05, 0) is 23.3 Å². The van der Waals surface area contributed by atoms with Gasteiger partial charge in [0.25, 0.3) is 0 Å². The predicted molar refractivity (Wildman–Crippen MR) is 110 cm³/mol. The highest BCUT2D eigenvalue weighted by molar-refractivity contribution is 6.10. The first-order valence-corrected chi connectivity index (χ1v) is 10.7. The first kappa shape index (κ1) is 19.0. The highest BCUT2D eigenvalue weighted by Crippen LogP contribution is 2.58. The quantitative estimate of drug-likeness (QED) is 0.536. The molecule has 2 aromatic rings. The lowest BCUT2D eigenvalue weighted by Gasteiger charge is -2.44. The van der Waals surface area contributed by atoms with Crippen molar-refractivity contribution in [3.8, 4) is 0 Å².